The number of nitrogens with one attached hydrogen (secondary N) is 1. The number of nitrogens with zero attached hydrogens (tertiary/aromatic N) is 2. The minimum absolute atomic E-state index is 0.0160. The number of amides is 3. The number of piperazine rings is 1. The normalized spacial score (nSPS) is 15.6. The molecule has 0 atom stereocenters. The van der Waals surface area contributed by atoms with Gasteiger partial charge in [0.05, 0.1) is 0 Å². The van der Waals surface area contributed by atoms with Gasteiger partial charge in [0.1, 0.15) is 5.41 Å². The van der Waals surface area contributed by atoms with E-state index in [1.165, 1.54) is 6.92 Å². The fraction of sp³-hybridized carbons (Fsp3) is 0.800. The van der Waals surface area contributed by atoms with Crippen LogP contribution in [0.3, 0.4) is 0 Å². The van der Waals surface area contributed by atoms with E-state index < -0.39 is 5.41 Å². The van der Waals surface area contributed by atoms with E-state index in [0.29, 0.717) is 45.8 Å². The number of rotatable bonds is 6. The predicted molar refractivity (Wildman–Crippen MR) is 82.1 cm³/mol. The van der Waals surface area contributed by atoms with Crippen molar-refractivity contribution in [2.75, 3.05) is 46.4 Å². The van der Waals surface area contributed by atoms with Gasteiger partial charge < -0.3 is 19.9 Å². The highest BCUT2D eigenvalue weighted by molar-refractivity contribution is 6.04. The van der Waals surface area contributed by atoms with Gasteiger partial charge in [-0.05, 0) is 20.3 Å². The van der Waals surface area contributed by atoms with Gasteiger partial charge in [0.15, 0.2) is 0 Å². The molecule has 1 aliphatic rings. The lowest BCUT2D eigenvalue weighted by atomic mass is 9.90. The molecular formula is C15H27N3O4. The molecule has 0 aromatic rings. The molecule has 0 radical (unpaired) electrons. The van der Waals surface area contributed by atoms with Crippen molar-refractivity contribution in [1.29, 1.82) is 0 Å². The molecule has 0 unspecified atom stereocenters. The first-order chi connectivity index (χ1) is 10.3. The molecule has 0 aromatic carbocycles. The summed E-state index contributed by atoms with van der Waals surface area (Å²) in [6.07, 6.45) is 0.712. The standard InChI is InChI=1S/C15H27N3O4/c1-12(19)17-7-9-18(10-8-17)14(21)15(2,3)13(20)16-6-5-11-22-4/h5-11H2,1-4H3,(H,16,20). The summed E-state index contributed by atoms with van der Waals surface area (Å²) in [5.74, 6) is -0.454. The Bertz CT molecular complexity index is 415. The van der Waals surface area contributed by atoms with Crippen molar-refractivity contribution >= 4 is 17.7 Å². The van der Waals surface area contributed by atoms with Crippen molar-refractivity contribution in [3.63, 3.8) is 0 Å². The minimum atomic E-state index is -1.11. The van der Waals surface area contributed by atoms with Crippen LogP contribution < -0.4 is 5.32 Å². The largest absolute Gasteiger partial charge is 0.385 e. The first-order valence-electron chi connectivity index (χ1n) is 7.62. The number of carbonyl (C=O) groups is 3. The molecule has 7 heteroatoms. The van der Waals surface area contributed by atoms with E-state index in [2.05, 4.69) is 5.32 Å². The lowest BCUT2D eigenvalue weighted by Gasteiger charge is -2.37. The molecule has 0 aliphatic carbocycles. The Labute approximate surface area is 132 Å². The van der Waals surface area contributed by atoms with Crippen LogP contribution in [-0.2, 0) is 19.1 Å². The Hall–Kier alpha value is -1.63. The molecule has 1 heterocycles. The van der Waals surface area contributed by atoms with Crippen LogP contribution in [0.15, 0.2) is 0 Å². The van der Waals surface area contributed by atoms with E-state index in [1.54, 1.807) is 30.8 Å². The molecule has 126 valence electrons. The van der Waals surface area contributed by atoms with Crippen molar-refractivity contribution in [3.8, 4) is 0 Å². The van der Waals surface area contributed by atoms with Gasteiger partial charge in [0.2, 0.25) is 17.7 Å². The SMILES string of the molecule is COCCCNC(=O)C(C)(C)C(=O)N1CCN(C(C)=O)CC1. The Morgan fingerprint density at radius 2 is 1.64 bits per heavy atom. The molecule has 0 spiro atoms. The molecule has 22 heavy (non-hydrogen) atoms. The molecule has 1 saturated heterocycles. The minimum Gasteiger partial charge on any atom is -0.385 e. The van der Waals surface area contributed by atoms with E-state index in [1.807, 2.05) is 0 Å². The third kappa shape index (κ3) is 4.69. The summed E-state index contributed by atoms with van der Waals surface area (Å²) in [7, 11) is 1.61. The molecule has 1 aliphatic heterocycles. The second-order valence-corrected chi connectivity index (χ2v) is 6.03. The van der Waals surface area contributed by atoms with Crippen LogP contribution in [0.1, 0.15) is 27.2 Å². The summed E-state index contributed by atoms with van der Waals surface area (Å²) < 4.78 is 4.92. The Morgan fingerprint density at radius 3 is 2.14 bits per heavy atom. The van der Waals surface area contributed by atoms with Crippen molar-refractivity contribution in [3.05, 3.63) is 0 Å². The molecule has 7 nitrogen and oxygen atoms in total. The zero-order chi connectivity index (χ0) is 16.8. The second kappa shape index (κ2) is 8.12. The Morgan fingerprint density at radius 1 is 1.09 bits per heavy atom. The molecule has 0 saturated carbocycles. The van der Waals surface area contributed by atoms with E-state index >= 15 is 0 Å². The molecule has 1 fully saturated rings. The van der Waals surface area contributed by atoms with Crippen LogP contribution in [-0.4, -0.2) is 74.0 Å². The van der Waals surface area contributed by atoms with Gasteiger partial charge in [-0.1, -0.05) is 0 Å². The zero-order valence-electron chi connectivity index (χ0n) is 14.0. The average Bonchev–Trinajstić information content (AvgIpc) is 2.50. The van der Waals surface area contributed by atoms with Crippen molar-refractivity contribution in [2.24, 2.45) is 5.41 Å². The van der Waals surface area contributed by atoms with E-state index in [-0.39, 0.29) is 17.7 Å². The average molecular weight is 313 g/mol. The maximum atomic E-state index is 12.6. The van der Waals surface area contributed by atoms with Gasteiger partial charge in [-0.3, -0.25) is 14.4 Å². The van der Waals surface area contributed by atoms with Crippen LogP contribution in [0, 0.1) is 5.41 Å². The number of ether oxygens (including phenoxy) is 1. The lowest BCUT2D eigenvalue weighted by Crippen LogP contribution is -2.56. The lowest BCUT2D eigenvalue weighted by molar-refractivity contribution is -0.151. The van der Waals surface area contributed by atoms with Crippen LogP contribution >= 0.6 is 0 Å². The maximum Gasteiger partial charge on any atom is 0.237 e. The number of hydrogen-bond acceptors (Lipinski definition) is 4. The quantitative estimate of drug-likeness (QED) is 0.547. The van der Waals surface area contributed by atoms with E-state index in [9.17, 15) is 14.4 Å². The van der Waals surface area contributed by atoms with Gasteiger partial charge in [-0.2, -0.15) is 0 Å². The Kier molecular flexibility index (Phi) is 6.80. The number of hydrogen-bond donors (Lipinski definition) is 1. The van der Waals surface area contributed by atoms with Crippen LogP contribution in [0.4, 0.5) is 0 Å². The van der Waals surface area contributed by atoms with Gasteiger partial charge in [0.25, 0.3) is 0 Å². The summed E-state index contributed by atoms with van der Waals surface area (Å²) in [4.78, 5) is 39.5. The summed E-state index contributed by atoms with van der Waals surface area (Å²) in [6, 6.07) is 0. The summed E-state index contributed by atoms with van der Waals surface area (Å²) >= 11 is 0. The zero-order valence-corrected chi connectivity index (χ0v) is 14.0. The summed E-state index contributed by atoms with van der Waals surface area (Å²) in [5, 5.41) is 2.77. The van der Waals surface area contributed by atoms with Crippen molar-refractivity contribution in [1.82, 2.24) is 15.1 Å². The van der Waals surface area contributed by atoms with Crippen LogP contribution in [0.5, 0.6) is 0 Å². The fourth-order valence-electron chi connectivity index (χ4n) is 2.36. The fourth-order valence-corrected chi connectivity index (χ4v) is 2.36. The highest BCUT2D eigenvalue weighted by Crippen LogP contribution is 2.20. The van der Waals surface area contributed by atoms with E-state index in [4.69, 9.17) is 4.74 Å². The number of methoxy groups -OCH3 is 1. The number of carbonyl (C=O) groups excluding carboxylic acids is 3. The molecule has 3 amide bonds. The molecule has 1 rings (SSSR count). The third-order valence-electron chi connectivity index (χ3n) is 3.93. The van der Waals surface area contributed by atoms with Gasteiger partial charge in [0, 0.05) is 53.4 Å². The topological polar surface area (TPSA) is 79.0 Å². The highest BCUT2D eigenvalue weighted by atomic mass is 16.5. The monoisotopic (exact) mass is 313 g/mol. The molecule has 0 aromatic heterocycles. The van der Waals surface area contributed by atoms with Crippen LogP contribution in [0.2, 0.25) is 0 Å². The first kappa shape index (κ1) is 18.4. The second-order valence-electron chi connectivity index (χ2n) is 6.03. The smallest absolute Gasteiger partial charge is 0.237 e. The highest BCUT2D eigenvalue weighted by Gasteiger charge is 2.39. The summed E-state index contributed by atoms with van der Waals surface area (Å²) in [6.45, 7) is 7.84. The summed E-state index contributed by atoms with van der Waals surface area (Å²) in [5.41, 5.74) is -1.11. The third-order valence-corrected chi connectivity index (χ3v) is 3.93. The molecule has 1 N–H and O–H groups in total. The molecule has 0 bridgehead atoms. The first-order valence-corrected chi connectivity index (χ1v) is 7.62. The van der Waals surface area contributed by atoms with Crippen molar-refractivity contribution < 1.29 is 19.1 Å². The van der Waals surface area contributed by atoms with E-state index in [0.717, 1.165) is 0 Å². The molecular weight excluding hydrogens is 286 g/mol. The van der Waals surface area contributed by atoms with Gasteiger partial charge in [-0.25, -0.2) is 0 Å². The van der Waals surface area contributed by atoms with Gasteiger partial charge in [-0.15, -0.1) is 0 Å². The Balaban J connectivity index is 2.52. The maximum absolute atomic E-state index is 12.6. The van der Waals surface area contributed by atoms with Gasteiger partial charge >= 0.3 is 0 Å². The van der Waals surface area contributed by atoms with Crippen LogP contribution in [0.25, 0.3) is 0 Å². The predicted octanol–water partition coefficient (Wildman–Crippen LogP) is -0.144. The van der Waals surface area contributed by atoms with Crippen molar-refractivity contribution in [2.45, 2.75) is 27.2 Å².